The van der Waals surface area contributed by atoms with Crippen LogP contribution in [0.1, 0.15) is 0 Å². The van der Waals surface area contributed by atoms with Gasteiger partial charge in [-0.25, -0.2) is 0 Å². The molecule has 3 nitrogen and oxygen atoms in total. The van der Waals surface area contributed by atoms with Crippen LogP contribution in [0.25, 0.3) is 0 Å². The van der Waals surface area contributed by atoms with Gasteiger partial charge in [0.2, 0.25) is 0 Å². The number of nitrogens with two attached hydrogens (primary N) is 2. The molecule has 0 bridgehead atoms. The Hall–Kier alpha value is -0.850. The highest BCUT2D eigenvalue weighted by Crippen LogP contribution is 1.61. The molecule has 0 saturated carbocycles. The molecule has 0 aliphatic carbocycles. The molecule has 4 N–H and O–H groups in total. The SMILES string of the molecule is NCC#CCN=CCN. The molecule has 0 spiro atoms. The smallest absolute Gasteiger partial charge is 0.0994 e. The lowest BCUT2D eigenvalue weighted by atomic mass is 10.5. The van der Waals surface area contributed by atoms with E-state index in [0.717, 1.165) is 0 Å². The van der Waals surface area contributed by atoms with Crippen LogP contribution < -0.4 is 11.5 Å². The lowest BCUT2D eigenvalue weighted by Crippen LogP contribution is -1.99. The minimum Gasteiger partial charge on any atom is -0.326 e. The first-order valence-corrected chi connectivity index (χ1v) is 2.76. The maximum Gasteiger partial charge on any atom is 0.0994 e. The quantitative estimate of drug-likeness (QED) is 0.366. The zero-order chi connectivity index (χ0) is 6.95. The van der Waals surface area contributed by atoms with Crippen molar-refractivity contribution < 1.29 is 0 Å². The molecular weight excluding hydrogens is 114 g/mol. The van der Waals surface area contributed by atoms with Gasteiger partial charge in [-0.1, -0.05) is 11.8 Å². The molecule has 0 unspecified atom stereocenters. The maximum atomic E-state index is 5.12. The van der Waals surface area contributed by atoms with Crippen molar-refractivity contribution in [3.05, 3.63) is 0 Å². The van der Waals surface area contributed by atoms with Gasteiger partial charge < -0.3 is 11.5 Å². The summed E-state index contributed by atoms with van der Waals surface area (Å²) in [6.07, 6.45) is 1.63. The van der Waals surface area contributed by atoms with Crippen molar-refractivity contribution in [2.45, 2.75) is 0 Å². The molecular formula is C6H11N3. The molecule has 0 fully saturated rings. The van der Waals surface area contributed by atoms with Crippen molar-refractivity contribution in [2.75, 3.05) is 19.6 Å². The molecule has 9 heavy (non-hydrogen) atoms. The first kappa shape index (κ1) is 8.15. The van der Waals surface area contributed by atoms with Gasteiger partial charge in [-0.3, -0.25) is 4.99 Å². The molecule has 0 heterocycles. The summed E-state index contributed by atoms with van der Waals surface area (Å²) in [5.41, 5.74) is 10.2. The van der Waals surface area contributed by atoms with Crippen LogP contribution >= 0.6 is 0 Å². The molecule has 0 rings (SSSR count). The number of rotatable bonds is 2. The van der Waals surface area contributed by atoms with Gasteiger partial charge in [0, 0.05) is 12.8 Å². The van der Waals surface area contributed by atoms with Gasteiger partial charge in [-0.05, 0) is 0 Å². The highest BCUT2D eigenvalue weighted by Gasteiger charge is 1.66. The van der Waals surface area contributed by atoms with E-state index in [-0.39, 0.29) is 0 Å². The summed E-state index contributed by atoms with van der Waals surface area (Å²) in [5.74, 6) is 5.42. The largest absolute Gasteiger partial charge is 0.326 e. The zero-order valence-electron chi connectivity index (χ0n) is 5.30. The van der Waals surface area contributed by atoms with Gasteiger partial charge in [0.25, 0.3) is 0 Å². The van der Waals surface area contributed by atoms with Gasteiger partial charge in [-0.15, -0.1) is 0 Å². The van der Waals surface area contributed by atoms with E-state index < -0.39 is 0 Å². The average molecular weight is 125 g/mol. The fourth-order valence-electron chi connectivity index (χ4n) is 0.313. The molecule has 3 heteroatoms. The summed E-state index contributed by atoms with van der Waals surface area (Å²) < 4.78 is 0. The summed E-state index contributed by atoms with van der Waals surface area (Å²) in [4.78, 5) is 3.85. The van der Waals surface area contributed by atoms with E-state index >= 15 is 0 Å². The van der Waals surface area contributed by atoms with E-state index in [9.17, 15) is 0 Å². The summed E-state index contributed by atoms with van der Waals surface area (Å²) in [6.45, 7) is 1.39. The number of nitrogens with zero attached hydrogens (tertiary/aromatic N) is 1. The van der Waals surface area contributed by atoms with Gasteiger partial charge in [0.1, 0.15) is 0 Å². The Morgan fingerprint density at radius 3 is 2.67 bits per heavy atom. The number of aliphatic imine (C=N–C) groups is 1. The predicted octanol–water partition coefficient (Wildman–Crippen LogP) is -1.02. The molecule has 0 atom stereocenters. The van der Waals surface area contributed by atoms with Crippen molar-refractivity contribution in [3.63, 3.8) is 0 Å². The Morgan fingerprint density at radius 1 is 1.33 bits per heavy atom. The average Bonchev–Trinajstić information content (AvgIpc) is 1.89. The summed E-state index contributed by atoms with van der Waals surface area (Å²) in [6, 6.07) is 0. The Kier molecular flexibility index (Phi) is 6.47. The van der Waals surface area contributed by atoms with Crippen LogP contribution in [0, 0.1) is 11.8 Å². The predicted molar refractivity (Wildman–Crippen MR) is 39.2 cm³/mol. The highest BCUT2D eigenvalue weighted by molar-refractivity contribution is 5.59. The normalized spacial score (nSPS) is 9.11. The monoisotopic (exact) mass is 125 g/mol. The zero-order valence-corrected chi connectivity index (χ0v) is 5.30. The second kappa shape index (κ2) is 7.15. The topological polar surface area (TPSA) is 64.4 Å². The molecule has 0 aliphatic heterocycles. The van der Waals surface area contributed by atoms with Gasteiger partial charge in [0.05, 0.1) is 13.1 Å². The van der Waals surface area contributed by atoms with Crippen LogP contribution in [0.3, 0.4) is 0 Å². The molecule has 0 aromatic heterocycles. The highest BCUT2D eigenvalue weighted by atomic mass is 14.7. The molecule has 0 aromatic carbocycles. The minimum atomic E-state index is 0.401. The van der Waals surface area contributed by atoms with Crippen molar-refractivity contribution in [1.82, 2.24) is 0 Å². The number of hydrogen-bond acceptors (Lipinski definition) is 3. The van der Waals surface area contributed by atoms with Crippen molar-refractivity contribution in [2.24, 2.45) is 16.5 Å². The van der Waals surface area contributed by atoms with Crippen LogP contribution in [0.5, 0.6) is 0 Å². The van der Waals surface area contributed by atoms with E-state index in [2.05, 4.69) is 16.8 Å². The number of hydrogen-bond donors (Lipinski definition) is 2. The first-order valence-electron chi connectivity index (χ1n) is 2.76. The molecule has 0 radical (unpaired) electrons. The standard InChI is InChI=1S/C6H11N3/c7-3-1-2-5-9-6-4-8/h6H,3-5,7-8H2. The van der Waals surface area contributed by atoms with Crippen LogP contribution in [0.4, 0.5) is 0 Å². The van der Waals surface area contributed by atoms with Gasteiger partial charge in [-0.2, -0.15) is 0 Å². The second-order valence-electron chi connectivity index (χ2n) is 1.32. The van der Waals surface area contributed by atoms with E-state index in [4.69, 9.17) is 11.5 Å². The van der Waals surface area contributed by atoms with E-state index in [1.807, 2.05) is 0 Å². The third-order valence-electron chi connectivity index (χ3n) is 0.632. The Bertz CT molecular complexity index is 129. The first-order chi connectivity index (χ1) is 4.41. The molecule has 0 aliphatic rings. The lowest BCUT2D eigenvalue weighted by molar-refractivity contribution is 1.24. The fraction of sp³-hybridized carbons (Fsp3) is 0.500. The third kappa shape index (κ3) is 7.15. The summed E-state index contributed by atoms with van der Waals surface area (Å²) in [5, 5.41) is 0. The lowest BCUT2D eigenvalue weighted by Gasteiger charge is -1.77. The van der Waals surface area contributed by atoms with Crippen LogP contribution in [-0.4, -0.2) is 25.8 Å². The molecule has 50 valence electrons. The molecule has 0 saturated heterocycles. The van der Waals surface area contributed by atoms with Crippen LogP contribution in [0.2, 0.25) is 0 Å². The van der Waals surface area contributed by atoms with E-state index in [0.29, 0.717) is 19.6 Å². The second-order valence-corrected chi connectivity index (χ2v) is 1.32. The van der Waals surface area contributed by atoms with E-state index in [1.165, 1.54) is 0 Å². The van der Waals surface area contributed by atoms with Gasteiger partial charge in [0.15, 0.2) is 0 Å². The summed E-state index contributed by atoms with van der Waals surface area (Å²) in [7, 11) is 0. The van der Waals surface area contributed by atoms with Crippen LogP contribution in [-0.2, 0) is 0 Å². The molecule has 0 aromatic rings. The third-order valence-corrected chi connectivity index (χ3v) is 0.632. The summed E-state index contributed by atoms with van der Waals surface area (Å²) >= 11 is 0. The van der Waals surface area contributed by atoms with Crippen molar-refractivity contribution in [3.8, 4) is 11.8 Å². The Labute approximate surface area is 55.1 Å². The van der Waals surface area contributed by atoms with E-state index in [1.54, 1.807) is 6.21 Å². The minimum absolute atomic E-state index is 0.401. The van der Waals surface area contributed by atoms with Crippen molar-refractivity contribution in [1.29, 1.82) is 0 Å². The molecule has 0 amide bonds. The maximum absolute atomic E-state index is 5.12. The Balaban J connectivity index is 3.18. The van der Waals surface area contributed by atoms with Crippen LogP contribution in [0.15, 0.2) is 4.99 Å². The fourth-order valence-corrected chi connectivity index (χ4v) is 0.313. The Morgan fingerprint density at radius 2 is 2.11 bits per heavy atom. The van der Waals surface area contributed by atoms with Crippen molar-refractivity contribution >= 4 is 6.21 Å². The van der Waals surface area contributed by atoms with Gasteiger partial charge >= 0.3 is 0 Å².